The Labute approximate surface area is 99.9 Å². The fraction of sp³-hybridized carbons (Fsp3) is 0.333. The number of aromatic nitrogens is 1. The van der Waals surface area contributed by atoms with Crippen molar-refractivity contribution in [3.8, 4) is 0 Å². The summed E-state index contributed by atoms with van der Waals surface area (Å²) in [4.78, 5) is 15.9. The summed E-state index contributed by atoms with van der Waals surface area (Å²) in [6.07, 6.45) is 9.51. The molecule has 0 saturated heterocycles. The van der Waals surface area contributed by atoms with Gasteiger partial charge in [0.05, 0.1) is 11.7 Å². The van der Waals surface area contributed by atoms with E-state index >= 15 is 0 Å². The standard InChI is InChI=1S/C12H16N2OS/c1-10(2)6-4-3-5-7-14-12(15)11-8-13-9-16-11/h3-6,8-10H,7H2,1-2H3,(H,14,15)/b5-3-,6-4-. The summed E-state index contributed by atoms with van der Waals surface area (Å²) in [5.41, 5.74) is 1.65. The average Bonchev–Trinajstić information content (AvgIpc) is 2.75. The van der Waals surface area contributed by atoms with Crippen molar-refractivity contribution < 1.29 is 4.79 Å². The molecule has 0 fully saturated rings. The molecule has 86 valence electrons. The molecule has 1 rings (SSSR count). The fourth-order valence-electron chi connectivity index (χ4n) is 1.000. The Morgan fingerprint density at radius 2 is 2.38 bits per heavy atom. The van der Waals surface area contributed by atoms with Gasteiger partial charge in [0.25, 0.3) is 5.91 Å². The number of allylic oxidation sites excluding steroid dienone is 3. The molecule has 1 aromatic heterocycles. The highest BCUT2D eigenvalue weighted by atomic mass is 32.1. The molecule has 0 radical (unpaired) electrons. The van der Waals surface area contributed by atoms with Gasteiger partial charge in [0, 0.05) is 6.54 Å². The maximum Gasteiger partial charge on any atom is 0.263 e. The van der Waals surface area contributed by atoms with Crippen molar-refractivity contribution in [2.75, 3.05) is 6.54 Å². The highest BCUT2D eigenvalue weighted by Gasteiger charge is 2.03. The number of amides is 1. The SMILES string of the molecule is CC(C)/C=C\C=C/CNC(=O)c1cncs1. The number of rotatable bonds is 5. The number of hydrogen-bond acceptors (Lipinski definition) is 3. The molecular formula is C12H16N2OS. The van der Waals surface area contributed by atoms with E-state index in [-0.39, 0.29) is 5.91 Å². The van der Waals surface area contributed by atoms with Crippen molar-refractivity contribution in [3.05, 3.63) is 40.9 Å². The van der Waals surface area contributed by atoms with Crippen LogP contribution in [0, 0.1) is 5.92 Å². The monoisotopic (exact) mass is 236 g/mol. The number of nitrogens with one attached hydrogen (secondary N) is 1. The van der Waals surface area contributed by atoms with Crippen molar-refractivity contribution in [1.29, 1.82) is 0 Å². The quantitative estimate of drug-likeness (QED) is 0.799. The average molecular weight is 236 g/mol. The van der Waals surface area contributed by atoms with E-state index in [4.69, 9.17) is 0 Å². The molecule has 0 aromatic carbocycles. The van der Waals surface area contributed by atoms with Crippen LogP contribution in [0.3, 0.4) is 0 Å². The molecule has 0 unspecified atom stereocenters. The van der Waals surface area contributed by atoms with Gasteiger partial charge in [0.1, 0.15) is 4.88 Å². The van der Waals surface area contributed by atoms with Crippen molar-refractivity contribution >= 4 is 17.2 Å². The molecule has 1 N–H and O–H groups in total. The lowest BCUT2D eigenvalue weighted by Gasteiger charge is -1.97. The smallest absolute Gasteiger partial charge is 0.263 e. The molecule has 0 aliphatic rings. The Morgan fingerprint density at radius 3 is 3.00 bits per heavy atom. The lowest BCUT2D eigenvalue weighted by molar-refractivity contribution is 0.0962. The Hall–Kier alpha value is -1.42. The van der Waals surface area contributed by atoms with Crippen LogP contribution in [0.15, 0.2) is 36.0 Å². The van der Waals surface area contributed by atoms with Crippen LogP contribution in [0.25, 0.3) is 0 Å². The maximum absolute atomic E-state index is 11.5. The van der Waals surface area contributed by atoms with E-state index in [9.17, 15) is 4.79 Å². The van der Waals surface area contributed by atoms with Gasteiger partial charge in [0.2, 0.25) is 0 Å². The third-order valence-corrected chi connectivity index (χ3v) is 2.55. The number of carbonyl (C=O) groups is 1. The van der Waals surface area contributed by atoms with Crippen molar-refractivity contribution in [2.45, 2.75) is 13.8 Å². The molecule has 16 heavy (non-hydrogen) atoms. The minimum absolute atomic E-state index is 0.0695. The zero-order chi connectivity index (χ0) is 11.8. The maximum atomic E-state index is 11.5. The molecule has 1 amide bonds. The van der Waals surface area contributed by atoms with E-state index in [2.05, 4.69) is 30.2 Å². The summed E-state index contributed by atoms with van der Waals surface area (Å²) in [6, 6.07) is 0. The first-order valence-corrected chi connectivity index (χ1v) is 6.08. The van der Waals surface area contributed by atoms with Crippen LogP contribution < -0.4 is 5.32 Å². The second-order valence-corrected chi connectivity index (χ2v) is 4.52. The molecule has 0 bridgehead atoms. The minimum atomic E-state index is -0.0695. The molecule has 0 aliphatic heterocycles. The molecule has 0 aliphatic carbocycles. The summed E-state index contributed by atoms with van der Waals surface area (Å²) in [5.74, 6) is 0.483. The number of carbonyl (C=O) groups excluding carboxylic acids is 1. The van der Waals surface area contributed by atoms with Crippen LogP contribution in [0.2, 0.25) is 0 Å². The molecular weight excluding hydrogens is 220 g/mol. The van der Waals surface area contributed by atoms with E-state index in [0.29, 0.717) is 17.3 Å². The summed E-state index contributed by atoms with van der Waals surface area (Å²) in [6.45, 7) is 4.78. The van der Waals surface area contributed by atoms with E-state index < -0.39 is 0 Å². The van der Waals surface area contributed by atoms with Gasteiger partial charge in [-0.2, -0.15) is 0 Å². The normalized spacial score (nSPS) is 11.7. The second-order valence-electron chi connectivity index (χ2n) is 3.63. The first-order valence-electron chi connectivity index (χ1n) is 5.20. The third kappa shape index (κ3) is 4.89. The van der Waals surface area contributed by atoms with Crippen LogP contribution in [-0.2, 0) is 0 Å². The van der Waals surface area contributed by atoms with Crippen LogP contribution >= 0.6 is 11.3 Å². The molecule has 0 atom stereocenters. The van der Waals surface area contributed by atoms with Crippen LogP contribution in [0.1, 0.15) is 23.5 Å². The van der Waals surface area contributed by atoms with Gasteiger partial charge < -0.3 is 5.32 Å². The van der Waals surface area contributed by atoms with Crippen LogP contribution in [-0.4, -0.2) is 17.4 Å². The van der Waals surface area contributed by atoms with E-state index in [1.165, 1.54) is 11.3 Å². The Balaban J connectivity index is 2.23. The summed E-state index contributed by atoms with van der Waals surface area (Å²) >= 11 is 1.34. The second kappa shape index (κ2) is 6.95. The Kier molecular flexibility index (Phi) is 5.50. The van der Waals surface area contributed by atoms with Gasteiger partial charge in [0.15, 0.2) is 0 Å². The van der Waals surface area contributed by atoms with Gasteiger partial charge in [-0.3, -0.25) is 9.78 Å². The molecule has 0 saturated carbocycles. The summed E-state index contributed by atoms with van der Waals surface area (Å²) < 4.78 is 0. The van der Waals surface area contributed by atoms with Crippen LogP contribution in [0.5, 0.6) is 0 Å². The zero-order valence-corrected chi connectivity index (χ0v) is 10.3. The predicted octanol–water partition coefficient (Wildman–Crippen LogP) is 2.64. The molecule has 1 aromatic rings. The van der Waals surface area contributed by atoms with Gasteiger partial charge in [-0.05, 0) is 5.92 Å². The Bertz CT molecular complexity index is 366. The predicted molar refractivity (Wildman–Crippen MR) is 67.6 cm³/mol. The summed E-state index contributed by atoms with van der Waals surface area (Å²) in [7, 11) is 0. The lowest BCUT2D eigenvalue weighted by Crippen LogP contribution is -2.22. The largest absolute Gasteiger partial charge is 0.348 e. The summed E-state index contributed by atoms with van der Waals surface area (Å²) in [5, 5.41) is 2.78. The molecule has 1 heterocycles. The van der Waals surface area contributed by atoms with Crippen molar-refractivity contribution in [2.24, 2.45) is 5.92 Å². The fourth-order valence-corrected chi connectivity index (χ4v) is 1.54. The van der Waals surface area contributed by atoms with Gasteiger partial charge >= 0.3 is 0 Å². The topological polar surface area (TPSA) is 42.0 Å². The first-order chi connectivity index (χ1) is 7.70. The molecule has 3 nitrogen and oxygen atoms in total. The van der Waals surface area contributed by atoms with Gasteiger partial charge in [-0.1, -0.05) is 38.2 Å². The highest BCUT2D eigenvalue weighted by Crippen LogP contribution is 2.04. The van der Waals surface area contributed by atoms with E-state index in [1.807, 2.05) is 18.2 Å². The minimum Gasteiger partial charge on any atom is -0.348 e. The van der Waals surface area contributed by atoms with E-state index in [1.54, 1.807) is 11.7 Å². The Morgan fingerprint density at radius 1 is 1.56 bits per heavy atom. The van der Waals surface area contributed by atoms with Gasteiger partial charge in [-0.25, -0.2) is 0 Å². The van der Waals surface area contributed by atoms with Crippen LogP contribution in [0.4, 0.5) is 0 Å². The third-order valence-electron chi connectivity index (χ3n) is 1.78. The number of nitrogens with zero attached hydrogens (tertiary/aromatic N) is 1. The molecule has 0 spiro atoms. The van der Waals surface area contributed by atoms with Gasteiger partial charge in [-0.15, -0.1) is 11.3 Å². The molecule has 4 heteroatoms. The zero-order valence-electron chi connectivity index (χ0n) is 9.51. The van der Waals surface area contributed by atoms with Crippen molar-refractivity contribution in [1.82, 2.24) is 10.3 Å². The van der Waals surface area contributed by atoms with Crippen molar-refractivity contribution in [3.63, 3.8) is 0 Å². The van der Waals surface area contributed by atoms with E-state index in [0.717, 1.165) is 0 Å². The first kappa shape index (κ1) is 12.6. The highest BCUT2D eigenvalue weighted by molar-refractivity contribution is 7.11. The number of thiazole rings is 1. The number of hydrogen-bond donors (Lipinski definition) is 1. The lowest BCUT2D eigenvalue weighted by atomic mass is 10.2.